The van der Waals surface area contributed by atoms with Gasteiger partial charge in [0, 0.05) is 10.7 Å². The molecule has 4 aromatic rings. The monoisotopic (exact) mass is 462 g/mol. The molecule has 1 aliphatic rings. The van der Waals surface area contributed by atoms with Crippen LogP contribution in [0, 0.1) is 0 Å². The van der Waals surface area contributed by atoms with E-state index >= 15 is 0 Å². The number of anilines is 1. The second kappa shape index (κ2) is 7.11. The molecule has 30 heavy (non-hydrogen) atoms. The highest BCUT2D eigenvalue weighted by Gasteiger charge is 2.44. The van der Waals surface area contributed by atoms with Crippen molar-refractivity contribution in [1.29, 1.82) is 0 Å². The third kappa shape index (κ3) is 2.81. The van der Waals surface area contributed by atoms with E-state index in [0.29, 0.717) is 28.1 Å². The Morgan fingerprint density at radius 3 is 2.57 bits per heavy atom. The van der Waals surface area contributed by atoms with Crippen molar-refractivity contribution >= 4 is 38.6 Å². The smallest absolute Gasteiger partial charge is 0.296 e. The maximum absolute atomic E-state index is 13.5. The highest BCUT2D eigenvalue weighted by molar-refractivity contribution is 9.10. The van der Waals surface area contributed by atoms with E-state index in [4.69, 9.17) is 9.15 Å². The van der Waals surface area contributed by atoms with Crippen LogP contribution < -0.4 is 15.1 Å². The number of pyridine rings is 1. The number of halogens is 1. The number of aromatic nitrogens is 1. The summed E-state index contributed by atoms with van der Waals surface area (Å²) in [5.41, 5.74) is 1.20. The summed E-state index contributed by atoms with van der Waals surface area (Å²) in [7, 11) is 1.59. The first-order valence-electron chi connectivity index (χ1n) is 9.23. The SMILES string of the molecule is COc1ccc(C2c3c(oc4ccc(Br)cc4c3=O)C(=O)N2c2ccccn2)cc1. The number of amides is 1. The summed E-state index contributed by atoms with van der Waals surface area (Å²) in [6.07, 6.45) is 1.61. The van der Waals surface area contributed by atoms with Gasteiger partial charge in [0.1, 0.15) is 17.2 Å². The van der Waals surface area contributed by atoms with Crippen LogP contribution in [0.2, 0.25) is 0 Å². The van der Waals surface area contributed by atoms with Gasteiger partial charge in [-0.05, 0) is 48.0 Å². The third-order valence-corrected chi connectivity index (χ3v) is 5.65. The zero-order chi connectivity index (χ0) is 20.8. The van der Waals surface area contributed by atoms with Gasteiger partial charge in [0.2, 0.25) is 5.76 Å². The average molecular weight is 463 g/mol. The molecule has 0 fully saturated rings. The van der Waals surface area contributed by atoms with E-state index in [1.165, 1.54) is 4.90 Å². The fourth-order valence-electron chi connectivity index (χ4n) is 3.78. The first-order valence-corrected chi connectivity index (χ1v) is 10.0. The van der Waals surface area contributed by atoms with Crippen molar-refractivity contribution in [2.24, 2.45) is 0 Å². The molecule has 7 heteroatoms. The predicted molar refractivity (Wildman–Crippen MR) is 116 cm³/mol. The lowest BCUT2D eigenvalue weighted by molar-refractivity contribution is 0.0970. The van der Waals surface area contributed by atoms with Crippen LogP contribution >= 0.6 is 15.9 Å². The van der Waals surface area contributed by atoms with Crippen molar-refractivity contribution < 1.29 is 13.9 Å². The first kappa shape index (κ1) is 18.6. The number of methoxy groups -OCH3 is 1. The van der Waals surface area contributed by atoms with Gasteiger partial charge < -0.3 is 9.15 Å². The number of ether oxygens (including phenoxy) is 1. The first-order chi connectivity index (χ1) is 14.6. The highest BCUT2D eigenvalue weighted by Crippen LogP contribution is 2.40. The van der Waals surface area contributed by atoms with Gasteiger partial charge in [0.25, 0.3) is 5.91 Å². The summed E-state index contributed by atoms with van der Waals surface area (Å²) in [6.45, 7) is 0. The normalized spacial score (nSPS) is 15.5. The molecular formula is C23H15BrN2O4. The Kier molecular flexibility index (Phi) is 4.40. The summed E-state index contributed by atoms with van der Waals surface area (Å²) in [4.78, 5) is 32.7. The van der Waals surface area contributed by atoms with E-state index in [1.54, 1.807) is 61.8 Å². The Balaban J connectivity index is 1.80. The van der Waals surface area contributed by atoms with Crippen LogP contribution in [0.25, 0.3) is 11.0 Å². The van der Waals surface area contributed by atoms with Crippen LogP contribution in [0.15, 0.2) is 80.5 Å². The summed E-state index contributed by atoms with van der Waals surface area (Å²) < 4.78 is 11.9. The molecule has 0 saturated heterocycles. The van der Waals surface area contributed by atoms with Gasteiger partial charge in [-0.3, -0.25) is 14.5 Å². The standard InChI is InChI=1S/C23H15BrN2O4/c1-29-15-8-5-13(6-9-15)20-19-21(27)16-12-14(24)7-10-17(16)30-22(19)23(28)26(20)18-4-2-3-11-25-18/h2-12,20H,1H3. The molecule has 2 aromatic heterocycles. The molecule has 0 N–H and O–H groups in total. The molecule has 0 radical (unpaired) electrons. The Hall–Kier alpha value is -3.45. The van der Waals surface area contributed by atoms with E-state index in [-0.39, 0.29) is 11.2 Å². The summed E-state index contributed by atoms with van der Waals surface area (Å²) in [5, 5.41) is 0.414. The topological polar surface area (TPSA) is 72.6 Å². The average Bonchev–Trinajstić information content (AvgIpc) is 3.07. The minimum Gasteiger partial charge on any atom is -0.497 e. The molecule has 0 bridgehead atoms. The van der Waals surface area contributed by atoms with Crippen molar-refractivity contribution in [2.75, 3.05) is 12.0 Å². The fraction of sp³-hybridized carbons (Fsp3) is 0.0870. The molecular weight excluding hydrogens is 448 g/mol. The van der Waals surface area contributed by atoms with Gasteiger partial charge in [-0.2, -0.15) is 0 Å². The van der Waals surface area contributed by atoms with Crippen molar-refractivity contribution in [1.82, 2.24) is 4.98 Å². The van der Waals surface area contributed by atoms with Crippen LogP contribution in [0.5, 0.6) is 5.75 Å². The van der Waals surface area contributed by atoms with Gasteiger partial charge in [-0.15, -0.1) is 0 Å². The Bertz CT molecular complexity index is 1330. The molecule has 3 heterocycles. The van der Waals surface area contributed by atoms with E-state index < -0.39 is 11.9 Å². The van der Waals surface area contributed by atoms with Crippen molar-refractivity contribution in [3.05, 3.63) is 98.4 Å². The second-order valence-electron chi connectivity index (χ2n) is 6.85. The second-order valence-corrected chi connectivity index (χ2v) is 7.77. The number of hydrogen-bond acceptors (Lipinski definition) is 5. The Morgan fingerprint density at radius 1 is 1.07 bits per heavy atom. The van der Waals surface area contributed by atoms with Crippen molar-refractivity contribution in [3.8, 4) is 5.75 Å². The van der Waals surface area contributed by atoms with Crippen LogP contribution in [-0.4, -0.2) is 18.0 Å². The molecule has 0 aliphatic carbocycles. The molecule has 1 atom stereocenters. The maximum atomic E-state index is 13.5. The number of carbonyl (C=O) groups excluding carboxylic acids is 1. The molecule has 1 aliphatic heterocycles. The fourth-order valence-corrected chi connectivity index (χ4v) is 4.14. The van der Waals surface area contributed by atoms with Gasteiger partial charge in [0.05, 0.1) is 24.1 Å². The number of benzene rings is 2. The summed E-state index contributed by atoms with van der Waals surface area (Å²) in [6, 6.07) is 17.1. The number of nitrogens with zero attached hydrogens (tertiary/aromatic N) is 2. The number of carbonyl (C=O) groups is 1. The predicted octanol–water partition coefficient (Wildman–Crippen LogP) is 4.71. The van der Waals surface area contributed by atoms with Crippen LogP contribution in [0.1, 0.15) is 27.7 Å². The summed E-state index contributed by atoms with van der Waals surface area (Å²) >= 11 is 3.40. The highest BCUT2D eigenvalue weighted by atomic mass is 79.9. The van der Waals surface area contributed by atoms with Gasteiger partial charge >= 0.3 is 0 Å². The lowest BCUT2D eigenvalue weighted by Gasteiger charge is -2.24. The minimum absolute atomic E-state index is 0.0429. The van der Waals surface area contributed by atoms with E-state index in [1.807, 2.05) is 12.1 Å². The van der Waals surface area contributed by atoms with Crippen LogP contribution in [-0.2, 0) is 0 Å². The number of hydrogen-bond donors (Lipinski definition) is 0. The Morgan fingerprint density at radius 2 is 1.87 bits per heavy atom. The zero-order valence-corrected chi connectivity index (χ0v) is 17.4. The molecule has 0 spiro atoms. The molecule has 6 nitrogen and oxygen atoms in total. The lowest BCUT2D eigenvalue weighted by Crippen LogP contribution is -2.30. The molecule has 2 aromatic carbocycles. The van der Waals surface area contributed by atoms with Crippen molar-refractivity contribution in [3.63, 3.8) is 0 Å². The van der Waals surface area contributed by atoms with Crippen molar-refractivity contribution in [2.45, 2.75) is 6.04 Å². The molecule has 1 unspecified atom stereocenters. The van der Waals surface area contributed by atoms with Gasteiger partial charge in [-0.1, -0.05) is 34.1 Å². The van der Waals surface area contributed by atoms with E-state index in [0.717, 1.165) is 10.0 Å². The quantitative estimate of drug-likeness (QED) is 0.440. The van der Waals surface area contributed by atoms with E-state index in [2.05, 4.69) is 20.9 Å². The van der Waals surface area contributed by atoms with Crippen LogP contribution in [0.4, 0.5) is 5.82 Å². The molecule has 0 saturated carbocycles. The number of fused-ring (bicyclic) bond motifs is 2. The van der Waals surface area contributed by atoms with Gasteiger partial charge in [0.15, 0.2) is 5.43 Å². The molecule has 1 amide bonds. The lowest BCUT2D eigenvalue weighted by atomic mass is 9.98. The number of rotatable bonds is 3. The summed E-state index contributed by atoms with van der Waals surface area (Å²) in [5.74, 6) is 0.772. The van der Waals surface area contributed by atoms with Crippen LogP contribution in [0.3, 0.4) is 0 Å². The molecule has 148 valence electrons. The largest absolute Gasteiger partial charge is 0.497 e. The maximum Gasteiger partial charge on any atom is 0.296 e. The minimum atomic E-state index is -0.659. The zero-order valence-electron chi connectivity index (χ0n) is 15.8. The Labute approximate surface area is 179 Å². The third-order valence-electron chi connectivity index (χ3n) is 5.16. The van der Waals surface area contributed by atoms with Gasteiger partial charge in [-0.25, -0.2) is 4.98 Å². The van der Waals surface area contributed by atoms with E-state index in [9.17, 15) is 9.59 Å². The molecule has 5 rings (SSSR count).